The molecular weight excluding hydrogens is 144 g/mol. The molecule has 3 heteroatoms. The van der Waals surface area contributed by atoms with Gasteiger partial charge in [0.25, 0.3) is 0 Å². The SMILES string of the molecule is CSC1(C#N)CCNCC1. The summed E-state index contributed by atoms with van der Waals surface area (Å²) in [6, 6.07) is 2.39. The van der Waals surface area contributed by atoms with Crippen LogP contribution in [-0.4, -0.2) is 24.1 Å². The molecule has 0 atom stereocenters. The van der Waals surface area contributed by atoms with Gasteiger partial charge in [0.05, 0.1) is 6.07 Å². The molecule has 2 nitrogen and oxygen atoms in total. The standard InChI is InChI=1S/C7H12N2S/c1-10-7(6-8)2-4-9-5-3-7/h9H,2-5H2,1H3. The third-order valence-corrected chi connectivity index (χ3v) is 3.29. The highest BCUT2D eigenvalue weighted by atomic mass is 32.2. The van der Waals surface area contributed by atoms with Gasteiger partial charge in [-0.05, 0) is 32.2 Å². The topological polar surface area (TPSA) is 35.8 Å². The van der Waals surface area contributed by atoms with Crippen molar-refractivity contribution in [3.63, 3.8) is 0 Å². The van der Waals surface area contributed by atoms with Crippen molar-refractivity contribution in [1.29, 1.82) is 5.26 Å². The maximum atomic E-state index is 8.84. The first-order chi connectivity index (χ1) is 4.83. The summed E-state index contributed by atoms with van der Waals surface area (Å²) >= 11 is 1.69. The van der Waals surface area contributed by atoms with Crippen LogP contribution in [0.15, 0.2) is 0 Å². The summed E-state index contributed by atoms with van der Waals surface area (Å²) in [6.07, 6.45) is 4.00. The summed E-state index contributed by atoms with van der Waals surface area (Å²) in [4.78, 5) is 0. The third-order valence-electron chi connectivity index (χ3n) is 2.01. The molecule has 1 fully saturated rings. The summed E-state index contributed by atoms with van der Waals surface area (Å²) in [5.74, 6) is 0. The fourth-order valence-electron chi connectivity index (χ4n) is 1.19. The first-order valence-electron chi connectivity index (χ1n) is 3.50. The molecule has 0 amide bonds. The lowest BCUT2D eigenvalue weighted by Gasteiger charge is -2.28. The normalized spacial score (nSPS) is 23.6. The smallest absolute Gasteiger partial charge is 0.104 e. The van der Waals surface area contributed by atoms with E-state index in [2.05, 4.69) is 11.4 Å². The van der Waals surface area contributed by atoms with Crippen LogP contribution in [0.1, 0.15) is 12.8 Å². The monoisotopic (exact) mass is 156 g/mol. The molecule has 0 aromatic carbocycles. The predicted molar refractivity (Wildman–Crippen MR) is 44.0 cm³/mol. The van der Waals surface area contributed by atoms with Crippen LogP contribution in [-0.2, 0) is 0 Å². The Hall–Kier alpha value is -0.200. The van der Waals surface area contributed by atoms with E-state index in [1.165, 1.54) is 0 Å². The summed E-state index contributed by atoms with van der Waals surface area (Å²) in [7, 11) is 0. The van der Waals surface area contributed by atoms with Crippen molar-refractivity contribution in [2.45, 2.75) is 17.6 Å². The van der Waals surface area contributed by atoms with Gasteiger partial charge in [0, 0.05) is 0 Å². The molecule has 1 heterocycles. The second-order valence-corrected chi connectivity index (χ2v) is 3.75. The van der Waals surface area contributed by atoms with Crippen LogP contribution >= 0.6 is 11.8 Å². The minimum Gasteiger partial charge on any atom is -0.317 e. The Kier molecular flexibility index (Phi) is 2.58. The number of hydrogen-bond acceptors (Lipinski definition) is 3. The van der Waals surface area contributed by atoms with Gasteiger partial charge in [0.15, 0.2) is 0 Å². The molecule has 0 saturated carbocycles. The number of hydrogen-bond donors (Lipinski definition) is 1. The van der Waals surface area contributed by atoms with Gasteiger partial charge in [-0.15, -0.1) is 11.8 Å². The maximum Gasteiger partial charge on any atom is 0.104 e. The fraction of sp³-hybridized carbons (Fsp3) is 0.857. The summed E-state index contributed by atoms with van der Waals surface area (Å²) < 4.78 is -0.0781. The van der Waals surface area contributed by atoms with Crippen LogP contribution in [0, 0.1) is 11.3 Å². The summed E-state index contributed by atoms with van der Waals surface area (Å²) in [5, 5.41) is 12.1. The van der Waals surface area contributed by atoms with Gasteiger partial charge in [0.2, 0.25) is 0 Å². The molecule has 0 aromatic heterocycles. The molecular formula is C7H12N2S. The van der Waals surface area contributed by atoms with Crippen LogP contribution in [0.25, 0.3) is 0 Å². The second-order valence-electron chi connectivity index (χ2n) is 2.56. The van der Waals surface area contributed by atoms with Crippen molar-refractivity contribution in [1.82, 2.24) is 5.32 Å². The van der Waals surface area contributed by atoms with E-state index in [0.717, 1.165) is 25.9 Å². The fourth-order valence-corrected chi connectivity index (χ4v) is 1.90. The molecule has 0 radical (unpaired) electrons. The number of nitrogens with one attached hydrogen (secondary N) is 1. The van der Waals surface area contributed by atoms with E-state index >= 15 is 0 Å². The Morgan fingerprint density at radius 2 is 2.10 bits per heavy atom. The Morgan fingerprint density at radius 3 is 2.40 bits per heavy atom. The van der Waals surface area contributed by atoms with Crippen molar-refractivity contribution >= 4 is 11.8 Å². The number of thioether (sulfide) groups is 1. The van der Waals surface area contributed by atoms with E-state index in [1.54, 1.807) is 11.8 Å². The molecule has 0 aromatic rings. The van der Waals surface area contributed by atoms with Crippen LogP contribution < -0.4 is 5.32 Å². The van der Waals surface area contributed by atoms with Gasteiger partial charge in [0.1, 0.15) is 4.75 Å². The molecule has 0 unspecified atom stereocenters. The number of nitrogens with zero attached hydrogens (tertiary/aromatic N) is 1. The molecule has 1 aliphatic rings. The van der Waals surface area contributed by atoms with Crippen LogP contribution in [0.4, 0.5) is 0 Å². The average Bonchev–Trinajstić information content (AvgIpc) is 2.06. The van der Waals surface area contributed by atoms with Crippen molar-refractivity contribution in [2.24, 2.45) is 0 Å². The Labute approximate surface area is 66.0 Å². The molecule has 56 valence electrons. The van der Waals surface area contributed by atoms with E-state index in [9.17, 15) is 0 Å². The van der Waals surface area contributed by atoms with Crippen molar-refractivity contribution in [2.75, 3.05) is 19.3 Å². The summed E-state index contributed by atoms with van der Waals surface area (Å²) in [6.45, 7) is 1.99. The van der Waals surface area contributed by atoms with E-state index in [4.69, 9.17) is 5.26 Å². The van der Waals surface area contributed by atoms with Gasteiger partial charge in [-0.1, -0.05) is 0 Å². The number of piperidine rings is 1. The highest BCUT2D eigenvalue weighted by Gasteiger charge is 2.30. The van der Waals surface area contributed by atoms with Crippen molar-refractivity contribution < 1.29 is 0 Å². The zero-order valence-electron chi connectivity index (χ0n) is 6.18. The Bertz CT molecular complexity index is 144. The lowest BCUT2D eigenvalue weighted by Crippen LogP contribution is -2.38. The zero-order valence-corrected chi connectivity index (χ0v) is 7.00. The molecule has 1 N–H and O–H groups in total. The second kappa shape index (κ2) is 3.27. The molecule has 1 rings (SSSR count). The molecule has 1 aliphatic heterocycles. The molecule has 0 aliphatic carbocycles. The predicted octanol–water partition coefficient (Wildman–Crippen LogP) is 0.995. The first-order valence-corrected chi connectivity index (χ1v) is 4.72. The minimum atomic E-state index is -0.0781. The van der Waals surface area contributed by atoms with Gasteiger partial charge in [-0.3, -0.25) is 0 Å². The largest absolute Gasteiger partial charge is 0.317 e. The summed E-state index contributed by atoms with van der Waals surface area (Å²) in [5.41, 5.74) is 0. The Morgan fingerprint density at radius 1 is 1.50 bits per heavy atom. The first kappa shape index (κ1) is 7.90. The number of nitriles is 1. The van der Waals surface area contributed by atoms with Crippen molar-refractivity contribution in [3.8, 4) is 6.07 Å². The van der Waals surface area contributed by atoms with E-state index in [0.29, 0.717) is 0 Å². The van der Waals surface area contributed by atoms with E-state index < -0.39 is 0 Å². The van der Waals surface area contributed by atoms with Crippen LogP contribution in [0.3, 0.4) is 0 Å². The van der Waals surface area contributed by atoms with Gasteiger partial charge >= 0.3 is 0 Å². The van der Waals surface area contributed by atoms with E-state index in [-0.39, 0.29) is 4.75 Å². The van der Waals surface area contributed by atoms with Gasteiger partial charge in [-0.25, -0.2) is 0 Å². The molecule has 0 bridgehead atoms. The van der Waals surface area contributed by atoms with Crippen LogP contribution in [0.5, 0.6) is 0 Å². The van der Waals surface area contributed by atoms with Crippen molar-refractivity contribution in [3.05, 3.63) is 0 Å². The highest BCUT2D eigenvalue weighted by molar-refractivity contribution is 8.00. The maximum absolute atomic E-state index is 8.84. The quantitative estimate of drug-likeness (QED) is 0.615. The minimum absolute atomic E-state index is 0.0781. The van der Waals surface area contributed by atoms with Crippen LogP contribution in [0.2, 0.25) is 0 Å². The lowest BCUT2D eigenvalue weighted by atomic mass is 9.99. The average molecular weight is 156 g/mol. The third kappa shape index (κ3) is 1.44. The zero-order chi connectivity index (χ0) is 7.45. The molecule has 10 heavy (non-hydrogen) atoms. The lowest BCUT2D eigenvalue weighted by molar-refractivity contribution is 0.476. The van der Waals surface area contributed by atoms with Gasteiger partial charge in [-0.2, -0.15) is 5.26 Å². The number of rotatable bonds is 1. The Balaban J connectivity index is 2.55. The van der Waals surface area contributed by atoms with Gasteiger partial charge < -0.3 is 5.32 Å². The van der Waals surface area contributed by atoms with E-state index in [1.807, 2.05) is 6.26 Å². The molecule has 0 spiro atoms. The highest BCUT2D eigenvalue weighted by Crippen LogP contribution is 2.30. The molecule has 1 saturated heterocycles.